The van der Waals surface area contributed by atoms with E-state index in [1.54, 1.807) is 0 Å². The molecule has 134 valence electrons. The molecule has 0 aliphatic rings. The van der Waals surface area contributed by atoms with Crippen LogP contribution in [0.3, 0.4) is 0 Å². The minimum atomic E-state index is -0.0115. The SMILES string of the molecule is Cc1cc(C)cc(OCCN(C)CC(=O)Nc2cccc(C)c2C)c1. The first kappa shape index (κ1) is 19.0. The van der Waals surface area contributed by atoms with E-state index in [2.05, 4.69) is 25.2 Å². The second-order valence-corrected chi connectivity index (χ2v) is 6.71. The second kappa shape index (κ2) is 8.67. The minimum absolute atomic E-state index is 0.0115. The van der Waals surface area contributed by atoms with E-state index < -0.39 is 0 Å². The van der Waals surface area contributed by atoms with Gasteiger partial charge in [-0.2, -0.15) is 0 Å². The average Bonchev–Trinajstić information content (AvgIpc) is 2.51. The molecule has 1 N–H and O–H groups in total. The quantitative estimate of drug-likeness (QED) is 0.832. The predicted molar refractivity (Wildman–Crippen MR) is 103 cm³/mol. The van der Waals surface area contributed by atoms with E-state index in [0.717, 1.165) is 17.0 Å². The average molecular weight is 340 g/mol. The molecule has 0 aliphatic heterocycles. The number of ether oxygens (including phenoxy) is 1. The number of nitrogens with zero attached hydrogens (tertiary/aromatic N) is 1. The zero-order valence-electron chi connectivity index (χ0n) is 15.8. The van der Waals surface area contributed by atoms with Crippen LogP contribution >= 0.6 is 0 Å². The Kier molecular flexibility index (Phi) is 6.59. The molecule has 0 fully saturated rings. The van der Waals surface area contributed by atoms with Crippen molar-refractivity contribution in [3.05, 3.63) is 58.7 Å². The lowest BCUT2D eigenvalue weighted by atomic mass is 10.1. The molecule has 2 aromatic carbocycles. The maximum atomic E-state index is 12.2. The van der Waals surface area contributed by atoms with Gasteiger partial charge < -0.3 is 10.1 Å². The molecule has 25 heavy (non-hydrogen) atoms. The van der Waals surface area contributed by atoms with Crippen LogP contribution in [0.4, 0.5) is 5.69 Å². The summed E-state index contributed by atoms with van der Waals surface area (Å²) in [5.74, 6) is 0.869. The number of benzene rings is 2. The number of anilines is 1. The fraction of sp³-hybridized carbons (Fsp3) is 0.381. The Balaban J connectivity index is 1.78. The number of hydrogen-bond acceptors (Lipinski definition) is 3. The van der Waals surface area contributed by atoms with Crippen LogP contribution in [0.25, 0.3) is 0 Å². The van der Waals surface area contributed by atoms with Gasteiger partial charge in [-0.15, -0.1) is 0 Å². The lowest BCUT2D eigenvalue weighted by Crippen LogP contribution is -2.33. The van der Waals surface area contributed by atoms with Crippen molar-refractivity contribution in [1.29, 1.82) is 0 Å². The van der Waals surface area contributed by atoms with Crippen LogP contribution in [0.5, 0.6) is 5.75 Å². The molecule has 2 rings (SSSR count). The molecular weight excluding hydrogens is 312 g/mol. The predicted octanol–water partition coefficient (Wildman–Crippen LogP) is 3.87. The van der Waals surface area contributed by atoms with Crippen LogP contribution in [0.2, 0.25) is 0 Å². The summed E-state index contributed by atoms with van der Waals surface area (Å²) < 4.78 is 5.80. The maximum absolute atomic E-state index is 12.2. The fourth-order valence-electron chi connectivity index (χ4n) is 2.74. The van der Waals surface area contributed by atoms with Crippen LogP contribution in [-0.2, 0) is 4.79 Å². The summed E-state index contributed by atoms with van der Waals surface area (Å²) in [7, 11) is 1.92. The van der Waals surface area contributed by atoms with E-state index in [0.29, 0.717) is 19.7 Å². The number of carbonyl (C=O) groups is 1. The highest BCUT2D eigenvalue weighted by Crippen LogP contribution is 2.18. The zero-order chi connectivity index (χ0) is 18.4. The third-order valence-corrected chi connectivity index (χ3v) is 4.23. The Bertz CT molecular complexity index is 720. The van der Waals surface area contributed by atoms with Crippen LogP contribution in [-0.4, -0.2) is 37.6 Å². The Hall–Kier alpha value is -2.33. The standard InChI is InChI=1S/C21H28N2O2/c1-15-11-16(2)13-19(12-15)25-10-9-23(5)14-21(24)22-20-8-6-7-17(3)18(20)4/h6-8,11-13H,9-10,14H2,1-5H3,(H,22,24). The Morgan fingerprint density at radius 3 is 2.44 bits per heavy atom. The lowest BCUT2D eigenvalue weighted by molar-refractivity contribution is -0.117. The molecule has 0 saturated heterocycles. The molecule has 1 amide bonds. The lowest BCUT2D eigenvalue weighted by Gasteiger charge is -2.18. The molecule has 0 atom stereocenters. The van der Waals surface area contributed by atoms with Crippen LogP contribution in [0, 0.1) is 27.7 Å². The Labute approximate surface area is 150 Å². The van der Waals surface area contributed by atoms with Crippen molar-refractivity contribution >= 4 is 11.6 Å². The summed E-state index contributed by atoms with van der Waals surface area (Å²) in [4.78, 5) is 14.2. The van der Waals surface area contributed by atoms with E-state index in [-0.39, 0.29) is 5.91 Å². The first-order valence-electron chi connectivity index (χ1n) is 8.61. The molecule has 0 unspecified atom stereocenters. The van der Waals surface area contributed by atoms with Crippen molar-refractivity contribution in [2.45, 2.75) is 27.7 Å². The molecule has 0 radical (unpaired) electrons. The van der Waals surface area contributed by atoms with Crippen molar-refractivity contribution in [2.24, 2.45) is 0 Å². The van der Waals surface area contributed by atoms with Crippen molar-refractivity contribution in [3.63, 3.8) is 0 Å². The van der Waals surface area contributed by atoms with E-state index >= 15 is 0 Å². The zero-order valence-corrected chi connectivity index (χ0v) is 15.8. The molecule has 4 nitrogen and oxygen atoms in total. The molecule has 0 aromatic heterocycles. The third-order valence-electron chi connectivity index (χ3n) is 4.23. The van der Waals surface area contributed by atoms with Gasteiger partial charge in [0.2, 0.25) is 5.91 Å². The monoisotopic (exact) mass is 340 g/mol. The van der Waals surface area contributed by atoms with Crippen LogP contribution in [0.15, 0.2) is 36.4 Å². The number of aryl methyl sites for hydroxylation is 3. The number of nitrogens with one attached hydrogen (secondary N) is 1. The highest BCUT2D eigenvalue weighted by atomic mass is 16.5. The number of likely N-dealkylation sites (N-methyl/N-ethyl adjacent to an activating group) is 1. The van der Waals surface area contributed by atoms with E-state index in [1.807, 2.05) is 56.1 Å². The topological polar surface area (TPSA) is 41.6 Å². The van der Waals surface area contributed by atoms with Crippen LogP contribution in [0.1, 0.15) is 22.3 Å². The number of amides is 1. The molecule has 4 heteroatoms. The molecule has 0 aliphatic carbocycles. The number of carbonyl (C=O) groups excluding carboxylic acids is 1. The Morgan fingerprint density at radius 2 is 1.76 bits per heavy atom. The van der Waals surface area contributed by atoms with Gasteiger partial charge in [0, 0.05) is 12.2 Å². The summed E-state index contributed by atoms with van der Waals surface area (Å²) in [6.45, 7) is 9.76. The summed E-state index contributed by atoms with van der Waals surface area (Å²) in [6.07, 6.45) is 0. The molecule has 2 aromatic rings. The fourth-order valence-corrected chi connectivity index (χ4v) is 2.74. The molecule has 0 spiro atoms. The molecule has 0 bridgehead atoms. The smallest absolute Gasteiger partial charge is 0.238 e. The van der Waals surface area contributed by atoms with Gasteiger partial charge in [-0.25, -0.2) is 0 Å². The summed E-state index contributed by atoms with van der Waals surface area (Å²) in [6, 6.07) is 12.1. The largest absolute Gasteiger partial charge is 0.492 e. The van der Waals surface area contributed by atoms with Crippen molar-refractivity contribution in [2.75, 3.05) is 32.1 Å². The molecule has 0 heterocycles. The molecule has 0 saturated carbocycles. The summed E-state index contributed by atoms with van der Waals surface area (Å²) in [5, 5.41) is 2.98. The van der Waals surface area contributed by atoms with Crippen molar-refractivity contribution < 1.29 is 9.53 Å². The number of hydrogen-bond donors (Lipinski definition) is 1. The summed E-state index contributed by atoms with van der Waals surface area (Å²) in [5.41, 5.74) is 5.54. The normalized spacial score (nSPS) is 10.8. The maximum Gasteiger partial charge on any atom is 0.238 e. The van der Waals surface area contributed by atoms with Gasteiger partial charge in [0.15, 0.2) is 0 Å². The van der Waals surface area contributed by atoms with Gasteiger partial charge in [0.05, 0.1) is 6.54 Å². The number of rotatable bonds is 7. The minimum Gasteiger partial charge on any atom is -0.492 e. The van der Waals surface area contributed by atoms with E-state index in [4.69, 9.17) is 4.74 Å². The first-order valence-corrected chi connectivity index (χ1v) is 8.61. The van der Waals surface area contributed by atoms with Gasteiger partial charge in [-0.05, 0) is 75.2 Å². The van der Waals surface area contributed by atoms with Gasteiger partial charge in [0.25, 0.3) is 0 Å². The van der Waals surface area contributed by atoms with Crippen LogP contribution < -0.4 is 10.1 Å². The van der Waals surface area contributed by atoms with Crippen molar-refractivity contribution in [1.82, 2.24) is 4.90 Å². The van der Waals surface area contributed by atoms with E-state index in [9.17, 15) is 4.79 Å². The first-order chi connectivity index (χ1) is 11.8. The highest BCUT2D eigenvalue weighted by molar-refractivity contribution is 5.93. The van der Waals surface area contributed by atoms with Crippen molar-refractivity contribution in [3.8, 4) is 5.75 Å². The Morgan fingerprint density at radius 1 is 1.08 bits per heavy atom. The summed E-state index contributed by atoms with van der Waals surface area (Å²) >= 11 is 0. The van der Waals surface area contributed by atoms with Gasteiger partial charge in [0.1, 0.15) is 12.4 Å². The third kappa shape index (κ3) is 5.91. The van der Waals surface area contributed by atoms with Gasteiger partial charge in [-0.1, -0.05) is 18.2 Å². The van der Waals surface area contributed by atoms with Gasteiger partial charge >= 0.3 is 0 Å². The molecular formula is C21H28N2O2. The second-order valence-electron chi connectivity index (χ2n) is 6.71. The van der Waals surface area contributed by atoms with Gasteiger partial charge in [-0.3, -0.25) is 9.69 Å². The highest BCUT2D eigenvalue weighted by Gasteiger charge is 2.09. The van der Waals surface area contributed by atoms with E-state index in [1.165, 1.54) is 16.7 Å².